The van der Waals surface area contributed by atoms with Crippen molar-refractivity contribution in [2.45, 2.75) is 57.9 Å². The number of carbonyl (C=O) groups excluding carboxylic acids is 2. The lowest BCUT2D eigenvalue weighted by Crippen LogP contribution is -2.51. The SMILES string of the molecule is O=C1NCC2(CCCCCOc3ccc(Cl)cc31)CCCN(C(=O)CCCn1cccn1)C2. The van der Waals surface area contributed by atoms with Gasteiger partial charge in [0, 0.05) is 55.4 Å². The molecular weight excluding hydrogens is 440 g/mol. The van der Waals surface area contributed by atoms with Crippen molar-refractivity contribution in [3.63, 3.8) is 0 Å². The molecule has 3 heterocycles. The highest BCUT2D eigenvalue weighted by molar-refractivity contribution is 6.31. The molecule has 1 aromatic carbocycles. The van der Waals surface area contributed by atoms with Crippen LogP contribution in [-0.2, 0) is 11.3 Å². The van der Waals surface area contributed by atoms with E-state index in [0.717, 1.165) is 58.0 Å². The van der Waals surface area contributed by atoms with Gasteiger partial charge in [-0.1, -0.05) is 24.4 Å². The van der Waals surface area contributed by atoms with Crippen molar-refractivity contribution in [2.75, 3.05) is 26.2 Å². The quantitative estimate of drug-likeness (QED) is 0.719. The molecule has 7 nitrogen and oxygen atoms in total. The normalized spacial score (nSPS) is 22.0. The molecule has 1 unspecified atom stereocenters. The molecule has 2 aliphatic heterocycles. The van der Waals surface area contributed by atoms with Crippen LogP contribution in [0.2, 0.25) is 5.02 Å². The lowest BCUT2D eigenvalue weighted by Gasteiger charge is -2.43. The minimum atomic E-state index is -0.171. The second-order valence-corrected chi connectivity index (χ2v) is 9.71. The predicted molar refractivity (Wildman–Crippen MR) is 127 cm³/mol. The molecule has 33 heavy (non-hydrogen) atoms. The van der Waals surface area contributed by atoms with Crippen LogP contribution in [-0.4, -0.2) is 52.7 Å². The maximum absolute atomic E-state index is 13.0. The van der Waals surface area contributed by atoms with E-state index in [1.165, 1.54) is 0 Å². The van der Waals surface area contributed by atoms with Crippen LogP contribution in [0.25, 0.3) is 0 Å². The van der Waals surface area contributed by atoms with E-state index in [-0.39, 0.29) is 17.2 Å². The Morgan fingerprint density at radius 1 is 1.21 bits per heavy atom. The molecule has 0 saturated carbocycles. The van der Waals surface area contributed by atoms with Crippen LogP contribution in [0, 0.1) is 5.41 Å². The fraction of sp³-hybridized carbons (Fsp3) is 0.560. The third-order valence-electron chi connectivity index (χ3n) is 6.77. The van der Waals surface area contributed by atoms with Crippen molar-refractivity contribution >= 4 is 23.4 Å². The van der Waals surface area contributed by atoms with Gasteiger partial charge in [0.1, 0.15) is 5.75 Å². The van der Waals surface area contributed by atoms with Crippen LogP contribution in [0.1, 0.15) is 61.7 Å². The Kier molecular flexibility index (Phi) is 7.91. The monoisotopic (exact) mass is 472 g/mol. The molecule has 2 aliphatic rings. The first-order valence-electron chi connectivity index (χ1n) is 12.0. The number of aryl methyl sites for hydroxylation is 1. The summed E-state index contributed by atoms with van der Waals surface area (Å²) >= 11 is 6.15. The van der Waals surface area contributed by atoms with E-state index in [2.05, 4.69) is 10.4 Å². The third kappa shape index (κ3) is 6.28. The van der Waals surface area contributed by atoms with Gasteiger partial charge in [0.05, 0.1) is 12.2 Å². The van der Waals surface area contributed by atoms with Crippen molar-refractivity contribution in [2.24, 2.45) is 5.41 Å². The number of benzene rings is 1. The van der Waals surface area contributed by atoms with E-state index >= 15 is 0 Å². The van der Waals surface area contributed by atoms with Gasteiger partial charge in [-0.05, 0) is 56.4 Å². The van der Waals surface area contributed by atoms with E-state index in [1.54, 1.807) is 24.4 Å². The van der Waals surface area contributed by atoms with E-state index in [0.29, 0.717) is 42.5 Å². The van der Waals surface area contributed by atoms with Gasteiger partial charge in [-0.15, -0.1) is 0 Å². The standard InChI is InChI=1S/C25H33ClN4O3/c26-20-8-9-22-21(17-20)24(32)27-18-25(10-2-1-3-16-33-22)11-5-13-29(19-25)23(31)7-4-14-30-15-6-12-28-30/h6,8-9,12,15,17H,1-5,7,10-11,13-14,16,18-19H2,(H,27,32). The zero-order valence-electron chi connectivity index (χ0n) is 19.1. The molecule has 2 aromatic rings. The first-order valence-corrected chi connectivity index (χ1v) is 12.4. The van der Waals surface area contributed by atoms with E-state index in [9.17, 15) is 9.59 Å². The van der Waals surface area contributed by atoms with Gasteiger partial charge in [0.15, 0.2) is 0 Å². The van der Waals surface area contributed by atoms with Crippen LogP contribution in [0.3, 0.4) is 0 Å². The second-order valence-electron chi connectivity index (χ2n) is 9.27. The van der Waals surface area contributed by atoms with Gasteiger partial charge in [0.2, 0.25) is 5.91 Å². The van der Waals surface area contributed by atoms with Gasteiger partial charge in [-0.2, -0.15) is 5.10 Å². The number of nitrogens with zero attached hydrogens (tertiary/aromatic N) is 3. The Hall–Kier alpha value is -2.54. The molecule has 0 radical (unpaired) electrons. The summed E-state index contributed by atoms with van der Waals surface area (Å²) in [5, 5.41) is 7.86. The number of aromatic nitrogens is 2. The first kappa shape index (κ1) is 23.6. The Morgan fingerprint density at radius 2 is 2.09 bits per heavy atom. The summed E-state index contributed by atoms with van der Waals surface area (Å²) in [5.74, 6) is 0.600. The van der Waals surface area contributed by atoms with Crippen molar-refractivity contribution in [3.05, 3.63) is 47.2 Å². The molecule has 0 aliphatic carbocycles. The van der Waals surface area contributed by atoms with Crippen LogP contribution in [0.4, 0.5) is 0 Å². The molecule has 1 aromatic heterocycles. The van der Waals surface area contributed by atoms with Crippen LogP contribution in [0.15, 0.2) is 36.7 Å². The summed E-state index contributed by atoms with van der Waals surface area (Å²) in [7, 11) is 0. The maximum atomic E-state index is 13.0. The van der Waals surface area contributed by atoms with Gasteiger partial charge in [-0.25, -0.2) is 0 Å². The number of halogens is 1. The Balaban J connectivity index is 1.41. The summed E-state index contributed by atoms with van der Waals surface area (Å²) in [6, 6.07) is 7.08. The smallest absolute Gasteiger partial charge is 0.255 e. The number of rotatable bonds is 4. The molecule has 178 valence electrons. The van der Waals surface area contributed by atoms with Crippen molar-refractivity contribution in [1.82, 2.24) is 20.0 Å². The zero-order valence-corrected chi connectivity index (χ0v) is 19.9. The first-order chi connectivity index (χ1) is 16.0. The summed E-state index contributed by atoms with van der Waals surface area (Å²) in [6.07, 6.45) is 11.0. The fourth-order valence-electron chi connectivity index (χ4n) is 4.97. The molecule has 0 bridgehead atoms. The number of fused-ring (bicyclic) bond motifs is 1. The van der Waals surface area contributed by atoms with Crippen molar-refractivity contribution in [1.29, 1.82) is 0 Å². The molecule has 8 heteroatoms. The average molecular weight is 473 g/mol. The van der Waals surface area contributed by atoms with E-state index < -0.39 is 0 Å². The van der Waals surface area contributed by atoms with Crippen molar-refractivity contribution < 1.29 is 14.3 Å². The molecule has 4 rings (SSSR count). The average Bonchev–Trinajstić information content (AvgIpc) is 3.33. The molecule has 1 spiro atoms. The summed E-state index contributed by atoms with van der Waals surface area (Å²) in [4.78, 5) is 28.0. The number of nitrogens with one attached hydrogen (secondary N) is 1. The molecule has 2 amide bonds. The third-order valence-corrected chi connectivity index (χ3v) is 7.01. The summed E-state index contributed by atoms with van der Waals surface area (Å²) in [5.41, 5.74) is 0.380. The molecule has 1 N–H and O–H groups in total. The number of piperidine rings is 1. The Bertz CT molecular complexity index is 949. The topological polar surface area (TPSA) is 76.5 Å². The van der Waals surface area contributed by atoms with Crippen molar-refractivity contribution in [3.8, 4) is 5.75 Å². The molecule has 1 atom stereocenters. The number of amides is 2. The lowest BCUT2D eigenvalue weighted by molar-refractivity contribution is -0.135. The summed E-state index contributed by atoms with van der Waals surface area (Å²) in [6.45, 7) is 3.37. The lowest BCUT2D eigenvalue weighted by atomic mass is 9.75. The van der Waals surface area contributed by atoms with Gasteiger partial charge in [0.25, 0.3) is 5.91 Å². The largest absolute Gasteiger partial charge is 0.493 e. The zero-order chi connectivity index (χ0) is 23.1. The Labute approximate surface area is 200 Å². The van der Waals surface area contributed by atoms with Gasteiger partial charge in [-0.3, -0.25) is 14.3 Å². The molecule has 1 saturated heterocycles. The van der Waals surface area contributed by atoms with Crippen LogP contribution >= 0.6 is 11.6 Å². The number of hydrogen-bond acceptors (Lipinski definition) is 4. The van der Waals surface area contributed by atoms with E-state index in [4.69, 9.17) is 16.3 Å². The van der Waals surface area contributed by atoms with E-state index in [1.807, 2.05) is 21.8 Å². The van der Waals surface area contributed by atoms with Crippen LogP contribution in [0.5, 0.6) is 5.75 Å². The highest BCUT2D eigenvalue weighted by atomic mass is 35.5. The molecule has 1 fully saturated rings. The predicted octanol–water partition coefficient (Wildman–Crippen LogP) is 4.31. The number of ether oxygens (including phenoxy) is 1. The maximum Gasteiger partial charge on any atom is 0.255 e. The Morgan fingerprint density at radius 3 is 2.94 bits per heavy atom. The highest BCUT2D eigenvalue weighted by Gasteiger charge is 2.37. The van der Waals surface area contributed by atoms with Gasteiger partial charge < -0.3 is 15.0 Å². The highest BCUT2D eigenvalue weighted by Crippen LogP contribution is 2.36. The summed E-state index contributed by atoms with van der Waals surface area (Å²) < 4.78 is 7.72. The van der Waals surface area contributed by atoms with Crippen LogP contribution < -0.4 is 10.1 Å². The van der Waals surface area contributed by atoms with Gasteiger partial charge >= 0.3 is 0 Å². The number of carbonyl (C=O) groups is 2. The second kappa shape index (κ2) is 11.1. The molecular formula is C25H33ClN4O3. The number of likely N-dealkylation sites (tertiary alicyclic amines) is 1. The fourth-order valence-corrected chi connectivity index (χ4v) is 5.14. The minimum absolute atomic E-state index is 0.0929. The number of hydrogen-bond donors (Lipinski definition) is 1. The minimum Gasteiger partial charge on any atom is -0.493 e.